The molecule has 90 valence electrons. The molecule has 0 bridgehead atoms. The zero-order valence-electron chi connectivity index (χ0n) is 10.2. The lowest BCUT2D eigenvalue weighted by Gasteiger charge is -2.34. The van der Waals surface area contributed by atoms with Crippen LogP contribution in [0.15, 0.2) is 24.3 Å². The number of carbonyl (C=O) groups is 2. The standard InChI is InChI=1S/C13H16N2O2/c1-8-4-6-11(7-5-8)15-12(16)9(2)10(3)14-13(15)17/h4-7,9-10H,1-3H3,(H,14,17). The van der Waals surface area contributed by atoms with Crippen LogP contribution in [0.25, 0.3) is 0 Å². The van der Waals surface area contributed by atoms with Gasteiger partial charge in [0.25, 0.3) is 0 Å². The van der Waals surface area contributed by atoms with Gasteiger partial charge in [0.1, 0.15) is 0 Å². The minimum atomic E-state index is -0.343. The van der Waals surface area contributed by atoms with Crippen LogP contribution in [0.3, 0.4) is 0 Å². The van der Waals surface area contributed by atoms with E-state index in [1.807, 2.05) is 32.9 Å². The van der Waals surface area contributed by atoms with E-state index in [0.717, 1.165) is 5.56 Å². The van der Waals surface area contributed by atoms with Crippen LogP contribution in [-0.2, 0) is 4.79 Å². The van der Waals surface area contributed by atoms with E-state index >= 15 is 0 Å². The lowest BCUT2D eigenvalue weighted by Crippen LogP contribution is -2.58. The van der Waals surface area contributed by atoms with Crippen molar-refractivity contribution in [3.63, 3.8) is 0 Å². The highest BCUT2D eigenvalue weighted by atomic mass is 16.2. The molecule has 4 nitrogen and oxygen atoms in total. The van der Waals surface area contributed by atoms with E-state index in [2.05, 4.69) is 5.32 Å². The second-order valence-electron chi connectivity index (χ2n) is 4.54. The third-order valence-corrected chi connectivity index (χ3v) is 3.21. The lowest BCUT2D eigenvalue weighted by molar-refractivity contribution is -0.122. The average molecular weight is 232 g/mol. The number of hydrogen-bond acceptors (Lipinski definition) is 2. The zero-order chi connectivity index (χ0) is 12.6. The third kappa shape index (κ3) is 2.02. The molecule has 0 aliphatic carbocycles. The maximum absolute atomic E-state index is 12.1. The number of aryl methyl sites for hydroxylation is 1. The Morgan fingerprint density at radius 1 is 1.12 bits per heavy atom. The summed E-state index contributed by atoms with van der Waals surface area (Å²) in [6.07, 6.45) is 0. The van der Waals surface area contributed by atoms with Crippen molar-refractivity contribution in [2.75, 3.05) is 4.90 Å². The first kappa shape index (κ1) is 11.6. The Bertz CT molecular complexity index is 453. The second kappa shape index (κ2) is 4.20. The van der Waals surface area contributed by atoms with Crippen molar-refractivity contribution in [1.82, 2.24) is 5.32 Å². The smallest absolute Gasteiger partial charge is 0.328 e. The fourth-order valence-electron chi connectivity index (χ4n) is 1.84. The maximum Gasteiger partial charge on any atom is 0.328 e. The molecule has 1 saturated heterocycles. The van der Waals surface area contributed by atoms with Crippen molar-refractivity contribution in [3.8, 4) is 0 Å². The van der Waals surface area contributed by atoms with Crippen molar-refractivity contribution in [1.29, 1.82) is 0 Å². The molecule has 4 heteroatoms. The fraction of sp³-hybridized carbons (Fsp3) is 0.385. The predicted octanol–water partition coefficient (Wildman–Crippen LogP) is 2.08. The summed E-state index contributed by atoms with van der Waals surface area (Å²) in [7, 11) is 0. The molecule has 17 heavy (non-hydrogen) atoms. The fourth-order valence-corrected chi connectivity index (χ4v) is 1.84. The SMILES string of the molecule is Cc1ccc(N2C(=O)NC(C)C(C)C2=O)cc1. The number of amides is 3. The molecule has 2 atom stereocenters. The molecule has 0 radical (unpaired) electrons. The Morgan fingerprint density at radius 3 is 2.29 bits per heavy atom. The van der Waals surface area contributed by atoms with Crippen LogP contribution in [0.5, 0.6) is 0 Å². The van der Waals surface area contributed by atoms with Crippen molar-refractivity contribution in [3.05, 3.63) is 29.8 Å². The van der Waals surface area contributed by atoms with Gasteiger partial charge in [-0.2, -0.15) is 0 Å². The largest absolute Gasteiger partial charge is 0.334 e. The first-order valence-electron chi connectivity index (χ1n) is 5.72. The normalized spacial score (nSPS) is 24.8. The van der Waals surface area contributed by atoms with E-state index in [1.54, 1.807) is 12.1 Å². The topological polar surface area (TPSA) is 49.4 Å². The summed E-state index contributed by atoms with van der Waals surface area (Å²) in [6.45, 7) is 5.63. The van der Waals surface area contributed by atoms with Gasteiger partial charge in [-0.05, 0) is 26.0 Å². The monoisotopic (exact) mass is 232 g/mol. The van der Waals surface area contributed by atoms with Crippen LogP contribution in [-0.4, -0.2) is 18.0 Å². The minimum Gasteiger partial charge on any atom is -0.334 e. The van der Waals surface area contributed by atoms with Gasteiger partial charge < -0.3 is 5.32 Å². The number of benzene rings is 1. The molecular formula is C13H16N2O2. The van der Waals surface area contributed by atoms with Gasteiger partial charge in [-0.1, -0.05) is 24.6 Å². The van der Waals surface area contributed by atoms with E-state index in [-0.39, 0.29) is 23.9 Å². The highest BCUT2D eigenvalue weighted by Gasteiger charge is 2.36. The predicted molar refractivity (Wildman–Crippen MR) is 65.8 cm³/mol. The lowest BCUT2D eigenvalue weighted by atomic mass is 9.99. The summed E-state index contributed by atoms with van der Waals surface area (Å²) >= 11 is 0. The molecule has 3 amide bonds. The molecule has 0 saturated carbocycles. The molecule has 2 unspecified atom stereocenters. The van der Waals surface area contributed by atoms with Gasteiger partial charge in [0, 0.05) is 6.04 Å². The van der Waals surface area contributed by atoms with Crippen molar-refractivity contribution >= 4 is 17.6 Å². The number of nitrogens with zero attached hydrogens (tertiary/aromatic N) is 1. The molecule has 0 spiro atoms. The Labute approximate surface area is 101 Å². The van der Waals surface area contributed by atoms with Gasteiger partial charge in [0.15, 0.2) is 0 Å². The van der Waals surface area contributed by atoms with Crippen molar-refractivity contribution in [2.24, 2.45) is 5.92 Å². The van der Waals surface area contributed by atoms with Gasteiger partial charge in [-0.15, -0.1) is 0 Å². The Morgan fingerprint density at radius 2 is 1.71 bits per heavy atom. The number of imide groups is 1. The summed E-state index contributed by atoms with van der Waals surface area (Å²) < 4.78 is 0. The van der Waals surface area contributed by atoms with Gasteiger partial charge >= 0.3 is 6.03 Å². The van der Waals surface area contributed by atoms with Crippen molar-refractivity contribution < 1.29 is 9.59 Å². The summed E-state index contributed by atoms with van der Waals surface area (Å²) in [5.74, 6) is -0.348. The number of anilines is 1. The maximum atomic E-state index is 12.1. The molecule has 0 aromatic heterocycles. The number of nitrogens with one attached hydrogen (secondary N) is 1. The van der Waals surface area contributed by atoms with Gasteiger partial charge in [0.2, 0.25) is 5.91 Å². The Hall–Kier alpha value is -1.84. The zero-order valence-corrected chi connectivity index (χ0v) is 10.2. The van der Waals surface area contributed by atoms with Gasteiger partial charge in [0.05, 0.1) is 11.6 Å². The van der Waals surface area contributed by atoms with Crippen LogP contribution in [0.2, 0.25) is 0 Å². The summed E-state index contributed by atoms with van der Waals surface area (Å²) in [4.78, 5) is 25.1. The summed E-state index contributed by atoms with van der Waals surface area (Å²) in [5, 5.41) is 2.79. The number of rotatable bonds is 1. The average Bonchev–Trinajstić information content (AvgIpc) is 2.29. The van der Waals surface area contributed by atoms with Gasteiger partial charge in [-0.3, -0.25) is 4.79 Å². The van der Waals surface area contributed by atoms with Crippen LogP contribution >= 0.6 is 0 Å². The van der Waals surface area contributed by atoms with E-state index in [0.29, 0.717) is 5.69 Å². The van der Waals surface area contributed by atoms with Crippen LogP contribution in [0, 0.1) is 12.8 Å². The molecule has 1 heterocycles. The third-order valence-electron chi connectivity index (χ3n) is 3.21. The number of hydrogen-bond donors (Lipinski definition) is 1. The van der Waals surface area contributed by atoms with E-state index in [9.17, 15) is 9.59 Å². The minimum absolute atomic E-state index is 0.114. The first-order chi connectivity index (χ1) is 8.00. The Kier molecular flexibility index (Phi) is 2.88. The Balaban J connectivity index is 2.34. The quantitative estimate of drug-likeness (QED) is 0.805. The number of urea groups is 1. The molecule has 1 aromatic rings. The van der Waals surface area contributed by atoms with Crippen LogP contribution < -0.4 is 10.2 Å². The van der Waals surface area contributed by atoms with E-state index in [1.165, 1.54) is 4.90 Å². The van der Waals surface area contributed by atoms with Gasteiger partial charge in [-0.25, -0.2) is 9.69 Å². The molecule has 1 fully saturated rings. The number of carbonyl (C=O) groups excluding carboxylic acids is 2. The molecule has 2 rings (SSSR count). The van der Waals surface area contributed by atoms with Crippen LogP contribution in [0.4, 0.5) is 10.5 Å². The molecule has 1 aromatic carbocycles. The molecule has 1 aliphatic rings. The van der Waals surface area contributed by atoms with Crippen LogP contribution in [0.1, 0.15) is 19.4 Å². The first-order valence-corrected chi connectivity index (χ1v) is 5.72. The molecule has 1 N–H and O–H groups in total. The molecule has 1 aliphatic heterocycles. The summed E-state index contributed by atoms with van der Waals surface area (Å²) in [6, 6.07) is 6.89. The molecular weight excluding hydrogens is 216 g/mol. The van der Waals surface area contributed by atoms with E-state index < -0.39 is 0 Å². The van der Waals surface area contributed by atoms with Crippen molar-refractivity contribution in [2.45, 2.75) is 26.8 Å². The highest BCUT2D eigenvalue weighted by Crippen LogP contribution is 2.22. The summed E-state index contributed by atoms with van der Waals surface area (Å²) in [5.41, 5.74) is 1.72. The van der Waals surface area contributed by atoms with E-state index in [4.69, 9.17) is 0 Å². The highest BCUT2D eigenvalue weighted by molar-refractivity contribution is 6.16. The second-order valence-corrected chi connectivity index (χ2v) is 4.54.